The van der Waals surface area contributed by atoms with Gasteiger partial charge in [0.2, 0.25) is 0 Å². The van der Waals surface area contributed by atoms with Crippen LogP contribution in [-0.2, 0) is 14.3 Å². The van der Waals surface area contributed by atoms with Crippen molar-refractivity contribution in [2.24, 2.45) is 0 Å². The minimum absolute atomic E-state index is 0.0654. The van der Waals surface area contributed by atoms with Crippen molar-refractivity contribution in [2.75, 3.05) is 11.9 Å². The Morgan fingerprint density at radius 3 is 2.24 bits per heavy atom. The van der Waals surface area contributed by atoms with Crippen molar-refractivity contribution in [2.45, 2.75) is 19.8 Å². The lowest BCUT2D eigenvalue weighted by atomic mass is 10.1. The minimum Gasteiger partial charge on any atom is -0.456 e. The standard InChI is InChI=1S/C19H18FNO4/c1-13-2-8-16(9-3-13)21-18(23)12-25-19(24)11-10-17(22)14-4-6-15(20)7-5-14/h2-9H,10-12H2,1H3,(H,21,23). The van der Waals surface area contributed by atoms with Crippen LogP contribution in [0.4, 0.5) is 10.1 Å². The highest BCUT2D eigenvalue weighted by Gasteiger charge is 2.12. The number of ketones is 1. The highest BCUT2D eigenvalue weighted by atomic mass is 19.1. The number of benzene rings is 2. The second-order valence-corrected chi connectivity index (χ2v) is 5.50. The van der Waals surface area contributed by atoms with E-state index in [9.17, 15) is 18.8 Å². The quantitative estimate of drug-likeness (QED) is 0.618. The summed E-state index contributed by atoms with van der Waals surface area (Å²) in [6.07, 6.45) is -0.210. The number of anilines is 1. The van der Waals surface area contributed by atoms with Gasteiger partial charge in [0.15, 0.2) is 12.4 Å². The monoisotopic (exact) mass is 343 g/mol. The fourth-order valence-electron chi connectivity index (χ4n) is 2.05. The van der Waals surface area contributed by atoms with Gasteiger partial charge in [0.25, 0.3) is 5.91 Å². The number of carbonyl (C=O) groups excluding carboxylic acids is 3. The third-order valence-corrected chi connectivity index (χ3v) is 3.42. The summed E-state index contributed by atoms with van der Waals surface area (Å²) in [6, 6.07) is 12.3. The number of nitrogens with one attached hydrogen (secondary N) is 1. The molecule has 0 saturated heterocycles. The normalized spacial score (nSPS) is 10.2. The molecule has 0 spiro atoms. The van der Waals surface area contributed by atoms with Crippen molar-refractivity contribution < 1.29 is 23.5 Å². The average molecular weight is 343 g/mol. The van der Waals surface area contributed by atoms with E-state index < -0.39 is 24.3 Å². The van der Waals surface area contributed by atoms with Gasteiger partial charge in [-0.3, -0.25) is 14.4 Å². The molecule has 2 aromatic rings. The lowest BCUT2D eigenvalue weighted by molar-refractivity contribution is -0.147. The summed E-state index contributed by atoms with van der Waals surface area (Å²) in [7, 11) is 0. The number of esters is 1. The number of Topliss-reactive ketones (excluding diaryl/α,β-unsaturated/α-hetero) is 1. The van der Waals surface area contributed by atoms with Gasteiger partial charge in [-0.2, -0.15) is 0 Å². The Morgan fingerprint density at radius 2 is 1.60 bits per heavy atom. The number of ether oxygens (including phenoxy) is 1. The smallest absolute Gasteiger partial charge is 0.306 e. The van der Waals surface area contributed by atoms with Crippen LogP contribution in [0.25, 0.3) is 0 Å². The third-order valence-electron chi connectivity index (χ3n) is 3.42. The molecule has 2 aromatic carbocycles. The van der Waals surface area contributed by atoms with Gasteiger partial charge in [-0.15, -0.1) is 0 Å². The SMILES string of the molecule is Cc1ccc(NC(=O)COC(=O)CCC(=O)c2ccc(F)cc2)cc1. The van der Waals surface area contributed by atoms with Crippen LogP contribution < -0.4 is 5.32 Å². The first-order valence-electron chi connectivity index (χ1n) is 7.75. The molecule has 6 heteroatoms. The number of halogens is 1. The van der Waals surface area contributed by atoms with Crippen molar-refractivity contribution >= 4 is 23.3 Å². The Kier molecular flexibility index (Phi) is 6.39. The predicted molar refractivity (Wildman–Crippen MR) is 90.7 cm³/mol. The van der Waals surface area contributed by atoms with Crippen LogP contribution in [0.15, 0.2) is 48.5 Å². The van der Waals surface area contributed by atoms with Crippen LogP contribution in [0, 0.1) is 12.7 Å². The molecule has 5 nitrogen and oxygen atoms in total. The minimum atomic E-state index is -0.644. The van der Waals surface area contributed by atoms with Crippen LogP contribution in [-0.4, -0.2) is 24.3 Å². The molecule has 0 radical (unpaired) electrons. The van der Waals surface area contributed by atoms with Gasteiger partial charge in [-0.05, 0) is 43.3 Å². The molecule has 0 aliphatic carbocycles. The van der Waals surface area contributed by atoms with E-state index in [1.165, 1.54) is 24.3 Å². The van der Waals surface area contributed by atoms with E-state index in [1.54, 1.807) is 12.1 Å². The maximum absolute atomic E-state index is 12.8. The molecule has 0 aromatic heterocycles. The first-order chi connectivity index (χ1) is 11.9. The molecular weight excluding hydrogens is 325 g/mol. The molecule has 0 atom stereocenters. The number of amides is 1. The summed E-state index contributed by atoms with van der Waals surface area (Å²) < 4.78 is 17.6. The van der Waals surface area contributed by atoms with Gasteiger partial charge in [0.1, 0.15) is 5.82 Å². The Hall–Kier alpha value is -3.02. The fourth-order valence-corrected chi connectivity index (χ4v) is 2.05. The van der Waals surface area contributed by atoms with Crippen molar-refractivity contribution in [3.63, 3.8) is 0 Å². The summed E-state index contributed by atoms with van der Waals surface area (Å²) in [4.78, 5) is 35.2. The number of aryl methyl sites for hydroxylation is 1. The summed E-state index contributed by atoms with van der Waals surface area (Å²) in [5.41, 5.74) is 2.00. The average Bonchev–Trinajstić information content (AvgIpc) is 2.60. The number of rotatable bonds is 7. The van der Waals surface area contributed by atoms with Crippen LogP contribution >= 0.6 is 0 Å². The summed E-state index contributed by atoms with van der Waals surface area (Å²) >= 11 is 0. The maximum Gasteiger partial charge on any atom is 0.306 e. The van der Waals surface area contributed by atoms with E-state index in [1.807, 2.05) is 19.1 Å². The summed E-state index contributed by atoms with van der Waals surface area (Å²) in [6.45, 7) is 1.51. The largest absolute Gasteiger partial charge is 0.456 e. The zero-order valence-corrected chi connectivity index (χ0v) is 13.8. The highest BCUT2D eigenvalue weighted by Crippen LogP contribution is 2.09. The molecular formula is C19H18FNO4. The van der Waals surface area contributed by atoms with Crippen molar-refractivity contribution in [3.8, 4) is 0 Å². The Morgan fingerprint density at radius 1 is 0.960 bits per heavy atom. The molecule has 1 N–H and O–H groups in total. The molecule has 0 aliphatic rings. The van der Waals surface area contributed by atoms with Crippen LogP contribution in [0.1, 0.15) is 28.8 Å². The van der Waals surface area contributed by atoms with Crippen molar-refractivity contribution in [1.29, 1.82) is 0 Å². The number of carbonyl (C=O) groups is 3. The molecule has 130 valence electrons. The lowest BCUT2D eigenvalue weighted by Gasteiger charge is -2.07. The lowest BCUT2D eigenvalue weighted by Crippen LogP contribution is -2.21. The van der Waals surface area contributed by atoms with Crippen LogP contribution in [0.5, 0.6) is 0 Å². The van der Waals surface area contributed by atoms with Gasteiger partial charge < -0.3 is 10.1 Å². The van der Waals surface area contributed by atoms with Crippen molar-refractivity contribution in [1.82, 2.24) is 0 Å². The second kappa shape index (κ2) is 8.73. The zero-order valence-electron chi connectivity index (χ0n) is 13.8. The molecule has 25 heavy (non-hydrogen) atoms. The van der Waals surface area contributed by atoms with E-state index >= 15 is 0 Å². The van der Waals surface area contributed by atoms with Gasteiger partial charge in [-0.1, -0.05) is 17.7 Å². The molecule has 0 unspecified atom stereocenters. The van der Waals surface area contributed by atoms with Crippen LogP contribution in [0.2, 0.25) is 0 Å². The van der Waals surface area contributed by atoms with E-state index in [0.717, 1.165) is 5.56 Å². The predicted octanol–water partition coefficient (Wildman–Crippen LogP) is 3.28. The topological polar surface area (TPSA) is 72.5 Å². The van der Waals surface area contributed by atoms with E-state index in [2.05, 4.69) is 5.32 Å². The second-order valence-electron chi connectivity index (χ2n) is 5.50. The Balaban J connectivity index is 1.71. The molecule has 0 fully saturated rings. The maximum atomic E-state index is 12.8. The number of hydrogen-bond donors (Lipinski definition) is 1. The summed E-state index contributed by atoms with van der Waals surface area (Å²) in [5.74, 6) is -1.83. The van der Waals surface area contributed by atoms with E-state index in [-0.39, 0.29) is 18.6 Å². The fraction of sp³-hybridized carbons (Fsp3) is 0.211. The van der Waals surface area contributed by atoms with E-state index in [4.69, 9.17) is 4.74 Å². The van der Waals surface area contributed by atoms with Gasteiger partial charge in [0, 0.05) is 17.7 Å². The molecule has 1 amide bonds. The zero-order chi connectivity index (χ0) is 18.2. The molecule has 2 rings (SSSR count). The first-order valence-corrected chi connectivity index (χ1v) is 7.75. The molecule has 0 aliphatic heterocycles. The van der Waals surface area contributed by atoms with Gasteiger partial charge in [0.05, 0.1) is 6.42 Å². The highest BCUT2D eigenvalue weighted by molar-refractivity contribution is 5.98. The van der Waals surface area contributed by atoms with Crippen LogP contribution in [0.3, 0.4) is 0 Å². The van der Waals surface area contributed by atoms with Gasteiger partial charge >= 0.3 is 5.97 Å². The van der Waals surface area contributed by atoms with E-state index in [0.29, 0.717) is 11.3 Å². The van der Waals surface area contributed by atoms with Gasteiger partial charge in [-0.25, -0.2) is 4.39 Å². The summed E-state index contributed by atoms with van der Waals surface area (Å²) in [5, 5.41) is 2.60. The Labute approximate surface area is 144 Å². The number of hydrogen-bond acceptors (Lipinski definition) is 4. The first kappa shape index (κ1) is 18.3. The van der Waals surface area contributed by atoms with Crippen molar-refractivity contribution in [3.05, 3.63) is 65.5 Å². The third kappa shape index (κ3) is 6.18. The molecule has 0 saturated carbocycles. The Bertz CT molecular complexity index is 754. The molecule has 0 heterocycles. The molecule has 0 bridgehead atoms.